The van der Waals surface area contributed by atoms with Crippen molar-refractivity contribution >= 4 is 5.91 Å². The lowest BCUT2D eigenvalue weighted by Gasteiger charge is -2.34. The summed E-state index contributed by atoms with van der Waals surface area (Å²) in [6, 6.07) is 18.3. The molecule has 4 rings (SSSR count). The Morgan fingerprint density at radius 1 is 1.11 bits per heavy atom. The van der Waals surface area contributed by atoms with Crippen molar-refractivity contribution < 1.29 is 4.79 Å². The zero-order valence-electron chi connectivity index (χ0n) is 15.5. The minimum Gasteiger partial charge on any atom is -0.333 e. The van der Waals surface area contributed by atoms with Gasteiger partial charge >= 0.3 is 0 Å². The molecule has 0 spiro atoms. The van der Waals surface area contributed by atoms with Gasteiger partial charge in [-0.3, -0.25) is 9.48 Å². The van der Waals surface area contributed by atoms with Gasteiger partial charge in [-0.05, 0) is 30.2 Å². The van der Waals surface area contributed by atoms with Crippen molar-refractivity contribution in [2.24, 2.45) is 0 Å². The Hall–Kier alpha value is -2.92. The first-order chi connectivity index (χ1) is 13.2. The summed E-state index contributed by atoms with van der Waals surface area (Å²) in [6.07, 6.45) is 3.92. The van der Waals surface area contributed by atoms with E-state index in [1.807, 2.05) is 64.4 Å². The third kappa shape index (κ3) is 3.93. The highest BCUT2D eigenvalue weighted by atomic mass is 16.2. The molecule has 0 saturated carbocycles. The summed E-state index contributed by atoms with van der Waals surface area (Å²) in [7, 11) is 0. The molecule has 0 aliphatic carbocycles. The average Bonchev–Trinajstić information content (AvgIpc) is 3.17. The van der Waals surface area contributed by atoms with Gasteiger partial charge in [0.15, 0.2) is 0 Å². The highest BCUT2D eigenvalue weighted by molar-refractivity contribution is 5.95. The number of nitrogens with zero attached hydrogens (tertiary/aromatic N) is 3. The van der Waals surface area contributed by atoms with E-state index in [1.54, 1.807) is 0 Å². The van der Waals surface area contributed by atoms with Crippen LogP contribution >= 0.6 is 0 Å². The lowest BCUT2D eigenvalue weighted by molar-refractivity contribution is 0.0656. The van der Waals surface area contributed by atoms with E-state index >= 15 is 0 Å². The van der Waals surface area contributed by atoms with Gasteiger partial charge in [0.25, 0.3) is 5.91 Å². The number of benzene rings is 2. The van der Waals surface area contributed by atoms with Crippen molar-refractivity contribution in [2.45, 2.75) is 19.5 Å². The molecule has 2 aromatic carbocycles. The van der Waals surface area contributed by atoms with Crippen molar-refractivity contribution in [1.29, 1.82) is 0 Å². The van der Waals surface area contributed by atoms with Crippen LogP contribution in [0, 0.1) is 0 Å². The summed E-state index contributed by atoms with van der Waals surface area (Å²) in [6.45, 7) is 5.30. The van der Waals surface area contributed by atoms with Gasteiger partial charge in [0.2, 0.25) is 0 Å². The third-order valence-electron chi connectivity index (χ3n) is 5.05. The lowest BCUT2D eigenvalue weighted by atomic mass is 10.1. The Kier molecular flexibility index (Phi) is 5.03. The Morgan fingerprint density at radius 2 is 1.89 bits per heavy atom. The van der Waals surface area contributed by atoms with Gasteiger partial charge in [-0.25, -0.2) is 0 Å². The quantitative estimate of drug-likeness (QED) is 0.778. The van der Waals surface area contributed by atoms with Crippen LogP contribution < -0.4 is 5.32 Å². The molecule has 0 radical (unpaired) electrons. The lowest BCUT2D eigenvalue weighted by Crippen LogP contribution is -2.52. The molecule has 1 fully saturated rings. The molecule has 5 heteroatoms. The van der Waals surface area contributed by atoms with Crippen LogP contribution in [0.2, 0.25) is 0 Å². The van der Waals surface area contributed by atoms with Gasteiger partial charge in [-0.15, -0.1) is 0 Å². The van der Waals surface area contributed by atoms with Crippen LogP contribution in [-0.4, -0.2) is 46.3 Å². The first kappa shape index (κ1) is 17.5. The number of carbonyl (C=O) groups excluding carboxylic acids is 1. The first-order valence-corrected chi connectivity index (χ1v) is 9.39. The minimum absolute atomic E-state index is 0.107. The van der Waals surface area contributed by atoms with Crippen molar-refractivity contribution in [2.75, 3.05) is 19.6 Å². The van der Waals surface area contributed by atoms with Crippen LogP contribution in [0.25, 0.3) is 11.1 Å². The normalized spacial score (nSPS) is 17.1. The van der Waals surface area contributed by atoms with E-state index in [1.165, 1.54) is 5.56 Å². The molecular weight excluding hydrogens is 336 g/mol. The summed E-state index contributed by atoms with van der Waals surface area (Å²) in [5.41, 5.74) is 4.09. The predicted octanol–water partition coefficient (Wildman–Crippen LogP) is 3.03. The highest BCUT2D eigenvalue weighted by Crippen LogP contribution is 2.21. The number of piperazine rings is 1. The Bertz CT molecular complexity index is 902. The molecule has 1 amide bonds. The largest absolute Gasteiger partial charge is 0.333 e. The Balaban J connectivity index is 1.47. The van der Waals surface area contributed by atoms with Gasteiger partial charge in [-0.2, -0.15) is 5.10 Å². The highest BCUT2D eigenvalue weighted by Gasteiger charge is 2.23. The van der Waals surface area contributed by atoms with Crippen LogP contribution in [0.15, 0.2) is 67.0 Å². The van der Waals surface area contributed by atoms with Crippen molar-refractivity contribution in [3.8, 4) is 11.1 Å². The smallest absolute Gasteiger partial charge is 0.254 e. The maximum Gasteiger partial charge on any atom is 0.254 e. The van der Waals surface area contributed by atoms with Gasteiger partial charge < -0.3 is 10.2 Å². The SMILES string of the molecule is C[C@H]1CNCCN1C(=O)c1ccc(-c2cnn(Cc3ccccc3)c2)cc1. The van der Waals surface area contributed by atoms with E-state index in [4.69, 9.17) is 0 Å². The van der Waals surface area contributed by atoms with E-state index in [0.29, 0.717) is 0 Å². The van der Waals surface area contributed by atoms with Crippen LogP contribution in [-0.2, 0) is 6.54 Å². The van der Waals surface area contributed by atoms with Crippen LogP contribution in [0.1, 0.15) is 22.8 Å². The second-order valence-electron chi connectivity index (χ2n) is 7.04. The topological polar surface area (TPSA) is 50.2 Å². The number of nitrogens with one attached hydrogen (secondary N) is 1. The van der Waals surface area contributed by atoms with Crippen LogP contribution in [0.3, 0.4) is 0 Å². The number of hydrogen-bond acceptors (Lipinski definition) is 3. The average molecular weight is 360 g/mol. The van der Waals surface area contributed by atoms with Crippen LogP contribution in [0.4, 0.5) is 0 Å². The molecule has 2 heterocycles. The van der Waals surface area contributed by atoms with Crippen molar-refractivity contribution in [1.82, 2.24) is 20.0 Å². The molecule has 27 heavy (non-hydrogen) atoms. The summed E-state index contributed by atoms with van der Waals surface area (Å²) in [5, 5.41) is 7.78. The fourth-order valence-corrected chi connectivity index (χ4v) is 3.48. The molecule has 1 N–H and O–H groups in total. The maximum atomic E-state index is 12.7. The summed E-state index contributed by atoms with van der Waals surface area (Å²) >= 11 is 0. The third-order valence-corrected chi connectivity index (χ3v) is 5.05. The number of carbonyl (C=O) groups is 1. The number of aromatic nitrogens is 2. The van der Waals surface area contributed by atoms with E-state index in [-0.39, 0.29) is 11.9 Å². The molecule has 1 aromatic heterocycles. The van der Waals surface area contributed by atoms with Crippen LogP contribution in [0.5, 0.6) is 0 Å². The van der Waals surface area contributed by atoms with Gasteiger partial charge in [0.1, 0.15) is 0 Å². The molecule has 0 bridgehead atoms. The van der Waals surface area contributed by atoms with E-state index in [0.717, 1.165) is 42.9 Å². The summed E-state index contributed by atoms with van der Waals surface area (Å²) < 4.78 is 1.94. The molecule has 1 saturated heterocycles. The molecule has 1 atom stereocenters. The fourth-order valence-electron chi connectivity index (χ4n) is 3.48. The molecular formula is C22H24N4O. The molecule has 1 aliphatic rings. The fraction of sp³-hybridized carbons (Fsp3) is 0.273. The maximum absolute atomic E-state index is 12.7. The molecule has 1 aliphatic heterocycles. The molecule has 138 valence electrons. The summed E-state index contributed by atoms with van der Waals surface area (Å²) in [5.74, 6) is 0.107. The molecule has 0 unspecified atom stereocenters. The number of amides is 1. The van der Waals surface area contributed by atoms with E-state index in [9.17, 15) is 4.79 Å². The second kappa shape index (κ2) is 7.76. The first-order valence-electron chi connectivity index (χ1n) is 9.39. The zero-order chi connectivity index (χ0) is 18.6. The van der Waals surface area contributed by atoms with E-state index in [2.05, 4.69) is 29.5 Å². The zero-order valence-corrected chi connectivity index (χ0v) is 15.5. The van der Waals surface area contributed by atoms with Gasteiger partial charge in [0.05, 0.1) is 12.7 Å². The van der Waals surface area contributed by atoms with Crippen molar-refractivity contribution in [3.63, 3.8) is 0 Å². The Morgan fingerprint density at radius 3 is 2.63 bits per heavy atom. The van der Waals surface area contributed by atoms with Gasteiger partial charge in [0, 0.05) is 43.0 Å². The number of hydrogen-bond donors (Lipinski definition) is 1. The predicted molar refractivity (Wildman–Crippen MR) is 107 cm³/mol. The second-order valence-corrected chi connectivity index (χ2v) is 7.04. The Labute approximate surface area is 159 Å². The number of rotatable bonds is 4. The van der Waals surface area contributed by atoms with E-state index < -0.39 is 0 Å². The van der Waals surface area contributed by atoms with Crippen molar-refractivity contribution in [3.05, 3.63) is 78.1 Å². The monoisotopic (exact) mass is 360 g/mol. The molecule has 3 aromatic rings. The molecule has 5 nitrogen and oxygen atoms in total. The standard InChI is InChI=1S/C22H24N4O/c1-17-13-23-11-12-26(17)22(27)20-9-7-19(8-10-20)21-14-24-25(16-21)15-18-5-3-2-4-6-18/h2-10,14,16-17,23H,11-13,15H2,1H3/t17-/m0/s1. The summed E-state index contributed by atoms with van der Waals surface area (Å²) in [4.78, 5) is 14.7. The van der Waals surface area contributed by atoms with Gasteiger partial charge in [-0.1, -0.05) is 42.5 Å². The minimum atomic E-state index is 0.107.